The van der Waals surface area contributed by atoms with E-state index >= 15 is 0 Å². The molecule has 1 heterocycles. The van der Waals surface area contributed by atoms with Crippen LogP contribution >= 0.6 is 11.5 Å². The lowest BCUT2D eigenvalue weighted by atomic mass is 10.3. The molecule has 90 valence electrons. The first-order chi connectivity index (χ1) is 7.67. The Labute approximate surface area is 98.3 Å². The van der Waals surface area contributed by atoms with Crippen LogP contribution in [0, 0.1) is 0 Å². The summed E-state index contributed by atoms with van der Waals surface area (Å²) in [5.74, 6) is -0.376. The van der Waals surface area contributed by atoms with E-state index in [0.29, 0.717) is 5.13 Å². The first-order valence-corrected chi connectivity index (χ1v) is 5.72. The van der Waals surface area contributed by atoms with Crippen LogP contribution in [0.3, 0.4) is 0 Å². The lowest BCUT2D eigenvalue weighted by Gasteiger charge is -2.22. The van der Waals surface area contributed by atoms with Crippen molar-refractivity contribution in [3.63, 3.8) is 0 Å². The molecule has 0 saturated heterocycles. The number of ether oxygens (including phenoxy) is 1. The Morgan fingerprint density at radius 2 is 2.44 bits per heavy atom. The standard InChI is InChI=1S/C9H15N3O3S/c1-4-7(2)15-12(5-8(13)14-3)9-10-6-11-16-9/h6-7H,4-5H2,1-3H3. The van der Waals surface area contributed by atoms with Crippen LogP contribution in [0.4, 0.5) is 5.13 Å². The first kappa shape index (κ1) is 12.9. The highest BCUT2D eigenvalue weighted by molar-refractivity contribution is 7.09. The molecule has 1 atom stereocenters. The zero-order chi connectivity index (χ0) is 12.0. The monoisotopic (exact) mass is 245 g/mol. The van der Waals surface area contributed by atoms with Gasteiger partial charge in [-0.25, -0.2) is 10.0 Å². The van der Waals surface area contributed by atoms with E-state index in [-0.39, 0.29) is 18.6 Å². The van der Waals surface area contributed by atoms with Gasteiger partial charge in [0.15, 0.2) is 0 Å². The van der Waals surface area contributed by atoms with Gasteiger partial charge >= 0.3 is 5.97 Å². The molecule has 0 bridgehead atoms. The van der Waals surface area contributed by atoms with E-state index in [1.165, 1.54) is 30.0 Å². The molecule has 0 aromatic carbocycles. The maximum absolute atomic E-state index is 11.2. The van der Waals surface area contributed by atoms with Gasteiger partial charge in [0.25, 0.3) is 0 Å². The SMILES string of the molecule is CCC(C)ON(CC(=O)OC)c1ncns1. The number of hydrogen-bond donors (Lipinski definition) is 0. The van der Waals surface area contributed by atoms with Crippen molar-refractivity contribution in [2.75, 3.05) is 18.7 Å². The fourth-order valence-electron chi connectivity index (χ4n) is 0.901. The molecule has 0 spiro atoms. The molecule has 0 aliphatic rings. The van der Waals surface area contributed by atoms with Gasteiger partial charge in [0.05, 0.1) is 13.2 Å². The molecule has 16 heavy (non-hydrogen) atoms. The highest BCUT2D eigenvalue weighted by atomic mass is 32.1. The summed E-state index contributed by atoms with van der Waals surface area (Å²) in [6.07, 6.45) is 2.27. The van der Waals surface area contributed by atoms with E-state index in [4.69, 9.17) is 4.84 Å². The van der Waals surface area contributed by atoms with E-state index in [9.17, 15) is 4.79 Å². The number of anilines is 1. The van der Waals surface area contributed by atoms with Gasteiger partial charge in [0, 0.05) is 11.5 Å². The quantitative estimate of drug-likeness (QED) is 0.555. The lowest BCUT2D eigenvalue weighted by Crippen LogP contribution is -2.33. The molecule has 1 aromatic heterocycles. The van der Waals surface area contributed by atoms with Crippen molar-refractivity contribution in [1.82, 2.24) is 9.36 Å². The van der Waals surface area contributed by atoms with E-state index < -0.39 is 0 Å². The van der Waals surface area contributed by atoms with Crippen LogP contribution in [0.1, 0.15) is 20.3 Å². The van der Waals surface area contributed by atoms with Gasteiger partial charge in [-0.1, -0.05) is 6.92 Å². The van der Waals surface area contributed by atoms with Crippen molar-refractivity contribution in [2.24, 2.45) is 0 Å². The molecule has 1 unspecified atom stereocenters. The fourth-order valence-corrected chi connectivity index (χ4v) is 1.38. The van der Waals surface area contributed by atoms with Crippen molar-refractivity contribution in [3.8, 4) is 0 Å². The van der Waals surface area contributed by atoms with Crippen LogP contribution < -0.4 is 5.06 Å². The summed E-state index contributed by atoms with van der Waals surface area (Å²) in [6, 6.07) is 0. The Bertz CT molecular complexity index is 318. The molecule has 6 nitrogen and oxygen atoms in total. The van der Waals surface area contributed by atoms with E-state index in [1.54, 1.807) is 0 Å². The molecular formula is C9H15N3O3S. The maximum Gasteiger partial charge on any atom is 0.328 e. The molecule has 0 aliphatic carbocycles. The van der Waals surface area contributed by atoms with Crippen LogP contribution in [0.15, 0.2) is 6.33 Å². The van der Waals surface area contributed by atoms with Gasteiger partial charge in [-0.05, 0) is 13.3 Å². The molecule has 1 aromatic rings. The van der Waals surface area contributed by atoms with Gasteiger partial charge in [0.2, 0.25) is 5.13 Å². The minimum Gasteiger partial charge on any atom is -0.468 e. The van der Waals surface area contributed by atoms with Crippen molar-refractivity contribution in [3.05, 3.63) is 6.33 Å². The van der Waals surface area contributed by atoms with Crippen LogP contribution in [-0.2, 0) is 14.4 Å². The maximum atomic E-state index is 11.2. The third kappa shape index (κ3) is 3.74. The van der Waals surface area contributed by atoms with Gasteiger partial charge in [-0.15, -0.1) is 0 Å². The zero-order valence-corrected chi connectivity index (χ0v) is 10.4. The second-order valence-corrected chi connectivity index (χ2v) is 3.92. The Hall–Kier alpha value is -1.21. The van der Waals surface area contributed by atoms with Crippen LogP contribution in [-0.4, -0.2) is 35.1 Å². The number of esters is 1. The van der Waals surface area contributed by atoms with Crippen molar-refractivity contribution < 1.29 is 14.4 Å². The summed E-state index contributed by atoms with van der Waals surface area (Å²) in [7, 11) is 1.34. The second-order valence-electron chi connectivity index (χ2n) is 3.16. The summed E-state index contributed by atoms with van der Waals surface area (Å²) in [5.41, 5.74) is 0. The molecule has 0 amide bonds. The highest BCUT2D eigenvalue weighted by Crippen LogP contribution is 2.16. The summed E-state index contributed by atoms with van der Waals surface area (Å²) in [5, 5.41) is 1.96. The van der Waals surface area contributed by atoms with Gasteiger partial charge in [-0.2, -0.15) is 4.37 Å². The second kappa shape index (κ2) is 6.39. The highest BCUT2D eigenvalue weighted by Gasteiger charge is 2.17. The molecule has 0 N–H and O–H groups in total. The Morgan fingerprint density at radius 1 is 1.69 bits per heavy atom. The van der Waals surface area contributed by atoms with Gasteiger partial charge in [-0.3, -0.25) is 9.63 Å². The molecule has 1 rings (SSSR count). The molecule has 0 saturated carbocycles. The van der Waals surface area contributed by atoms with Crippen molar-refractivity contribution in [2.45, 2.75) is 26.4 Å². The van der Waals surface area contributed by atoms with Gasteiger partial charge in [0.1, 0.15) is 12.9 Å². The molecule has 7 heteroatoms. The fraction of sp³-hybridized carbons (Fsp3) is 0.667. The number of aromatic nitrogens is 2. The summed E-state index contributed by atoms with van der Waals surface area (Å²) >= 11 is 1.17. The third-order valence-electron chi connectivity index (χ3n) is 1.95. The average molecular weight is 245 g/mol. The van der Waals surface area contributed by atoms with Crippen LogP contribution in [0.2, 0.25) is 0 Å². The molecule has 0 aliphatic heterocycles. The smallest absolute Gasteiger partial charge is 0.328 e. The minimum atomic E-state index is -0.376. The average Bonchev–Trinajstić information content (AvgIpc) is 2.81. The predicted octanol–water partition coefficient (Wildman–Crippen LogP) is 1.25. The summed E-state index contributed by atoms with van der Waals surface area (Å²) < 4.78 is 8.46. The largest absolute Gasteiger partial charge is 0.468 e. The number of rotatable bonds is 6. The van der Waals surface area contributed by atoms with Crippen molar-refractivity contribution in [1.29, 1.82) is 0 Å². The Balaban J connectivity index is 2.66. The topological polar surface area (TPSA) is 64.5 Å². The lowest BCUT2D eigenvalue weighted by molar-refractivity contribution is -0.140. The summed E-state index contributed by atoms with van der Waals surface area (Å²) in [4.78, 5) is 20.7. The van der Waals surface area contributed by atoms with Crippen LogP contribution in [0.25, 0.3) is 0 Å². The number of hydroxylamine groups is 1. The normalized spacial score (nSPS) is 12.2. The number of hydrogen-bond acceptors (Lipinski definition) is 7. The predicted molar refractivity (Wildman–Crippen MR) is 60.1 cm³/mol. The van der Waals surface area contributed by atoms with E-state index in [1.807, 2.05) is 13.8 Å². The number of methoxy groups -OCH3 is 1. The number of carbonyl (C=O) groups is 1. The Morgan fingerprint density at radius 3 is 2.94 bits per heavy atom. The van der Waals surface area contributed by atoms with E-state index in [2.05, 4.69) is 14.1 Å². The zero-order valence-electron chi connectivity index (χ0n) is 9.54. The number of nitrogens with zero attached hydrogens (tertiary/aromatic N) is 3. The van der Waals surface area contributed by atoms with Gasteiger partial charge < -0.3 is 4.74 Å². The van der Waals surface area contributed by atoms with Crippen LogP contribution in [0.5, 0.6) is 0 Å². The third-order valence-corrected chi connectivity index (χ3v) is 2.62. The first-order valence-electron chi connectivity index (χ1n) is 4.95. The molecule has 0 fully saturated rings. The molecular weight excluding hydrogens is 230 g/mol. The minimum absolute atomic E-state index is 0.00792. The number of carbonyl (C=O) groups excluding carboxylic acids is 1. The van der Waals surface area contributed by atoms with Crippen molar-refractivity contribution >= 4 is 22.6 Å². The Kier molecular flexibility index (Phi) is 5.13. The summed E-state index contributed by atoms with van der Waals surface area (Å²) in [6.45, 7) is 3.93. The molecule has 0 radical (unpaired) electrons. The van der Waals surface area contributed by atoms with E-state index in [0.717, 1.165) is 6.42 Å².